The molecule has 0 unspecified atom stereocenters. The zero-order valence-corrected chi connectivity index (χ0v) is 9.30. The van der Waals surface area contributed by atoms with E-state index in [0.29, 0.717) is 18.1 Å². The molecule has 0 aliphatic rings. The lowest BCUT2D eigenvalue weighted by atomic mass is 10.1. The van der Waals surface area contributed by atoms with Crippen molar-refractivity contribution >= 4 is 5.82 Å². The largest absolute Gasteiger partial charge is 0.390 e. The minimum atomic E-state index is -0.772. The van der Waals surface area contributed by atoms with Gasteiger partial charge in [0.05, 0.1) is 17.9 Å². The summed E-state index contributed by atoms with van der Waals surface area (Å²) in [7, 11) is 1.83. The van der Waals surface area contributed by atoms with Crippen LogP contribution in [0.3, 0.4) is 0 Å². The summed E-state index contributed by atoms with van der Waals surface area (Å²) in [5.74, 6) is 0.675. The van der Waals surface area contributed by atoms with Crippen molar-refractivity contribution in [3.63, 3.8) is 0 Å². The van der Waals surface area contributed by atoms with Gasteiger partial charge in [-0.15, -0.1) is 5.10 Å². The summed E-state index contributed by atoms with van der Waals surface area (Å²) >= 11 is 0. The van der Waals surface area contributed by atoms with Gasteiger partial charge in [-0.1, -0.05) is 0 Å². The first-order valence-electron chi connectivity index (χ1n) is 4.79. The van der Waals surface area contributed by atoms with E-state index in [4.69, 9.17) is 5.11 Å². The molecule has 0 aliphatic heterocycles. The number of aliphatic hydroxyl groups is 2. The fourth-order valence-corrected chi connectivity index (χ4v) is 1.30. The van der Waals surface area contributed by atoms with Crippen LogP contribution in [-0.2, 0) is 6.61 Å². The van der Waals surface area contributed by atoms with Crippen LogP contribution in [0.2, 0.25) is 0 Å². The molecule has 0 fully saturated rings. The first-order chi connectivity index (χ1) is 6.92. The number of rotatable bonds is 4. The van der Waals surface area contributed by atoms with Gasteiger partial charge in [-0.25, -0.2) is 0 Å². The van der Waals surface area contributed by atoms with Crippen molar-refractivity contribution in [2.75, 3.05) is 18.5 Å². The molecule has 0 bridgehead atoms. The molecule has 15 heavy (non-hydrogen) atoms. The van der Waals surface area contributed by atoms with E-state index in [9.17, 15) is 5.11 Å². The van der Waals surface area contributed by atoms with Crippen LogP contribution in [-0.4, -0.2) is 39.6 Å². The fourth-order valence-electron chi connectivity index (χ4n) is 1.30. The normalized spacial score (nSPS) is 11.5. The summed E-state index contributed by atoms with van der Waals surface area (Å²) in [5.41, 5.74) is -0.234. The van der Waals surface area contributed by atoms with Crippen molar-refractivity contribution in [1.82, 2.24) is 10.2 Å². The molecule has 0 radical (unpaired) electrons. The Bertz CT molecular complexity index is 305. The fraction of sp³-hybridized carbons (Fsp3) is 0.600. The molecule has 1 rings (SSSR count). The zero-order chi connectivity index (χ0) is 11.5. The minimum Gasteiger partial charge on any atom is -0.390 e. The third-order valence-electron chi connectivity index (χ3n) is 1.88. The van der Waals surface area contributed by atoms with Gasteiger partial charge in [0.15, 0.2) is 5.82 Å². The van der Waals surface area contributed by atoms with Crippen LogP contribution < -0.4 is 4.90 Å². The van der Waals surface area contributed by atoms with E-state index in [1.165, 1.54) is 0 Å². The monoisotopic (exact) mass is 211 g/mol. The molecule has 0 saturated carbocycles. The highest BCUT2D eigenvalue weighted by molar-refractivity contribution is 5.36. The molecule has 2 N–H and O–H groups in total. The maximum Gasteiger partial charge on any atom is 0.151 e. The summed E-state index contributed by atoms with van der Waals surface area (Å²) in [5, 5.41) is 26.2. The highest BCUT2D eigenvalue weighted by Crippen LogP contribution is 2.11. The molecule has 0 saturated heterocycles. The molecule has 0 amide bonds. The maximum absolute atomic E-state index is 9.62. The maximum atomic E-state index is 9.62. The average Bonchev–Trinajstić information content (AvgIpc) is 2.15. The van der Waals surface area contributed by atoms with Crippen molar-refractivity contribution in [3.05, 3.63) is 17.8 Å². The highest BCUT2D eigenvalue weighted by atomic mass is 16.3. The Morgan fingerprint density at radius 2 is 2.00 bits per heavy atom. The van der Waals surface area contributed by atoms with Crippen molar-refractivity contribution < 1.29 is 10.2 Å². The summed E-state index contributed by atoms with van der Waals surface area (Å²) in [6, 6.07) is 3.48. The van der Waals surface area contributed by atoms with Gasteiger partial charge in [0.25, 0.3) is 0 Å². The molecule has 0 aliphatic carbocycles. The predicted octanol–water partition coefficient (Wildman–Crippen LogP) is 0.176. The number of aromatic nitrogens is 2. The molecule has 0 atom stereocenters. The number of aliphatic hydroxyl groups excluding tert-OH is 1. The molecule has 0 aromatic carbocycles. The molecular weight excluding hydrogens is 194 g/mol. The van der Waals surface area contributed by atoms with E-state index >= 15 is 0 Å². The minimum absolute atomic E-state index is 0.109. The molecular formula is C10H17N3O2. The van der Waals surface area contributed by atoms with E-state index in [2.05, 4.69) is 10.2 Å². The number of hydrogen-bond donors (Lipinski definition) is 2. The van der Waals surface area contributed by atoms with Gasteiger partial charge in [0, 0.05) is 13.6 Å². The number of nitrogens with zero attached hydrogens (tertiary/aromatic N) is 3. The Hall–Kier alpha value is -1.20. The smallest absolute Gasteiger partial charge is 0.151 e. The predicted molar refractivity (Wildman–Crippen MR) is 57.5 cm³/mol. The number of anilines is 1. The SMILES string of the molecule is CN(CC(C)(C)O)c1ccc(CO)nn1. The first kappa shape index (κ1) is 11.9. The van der Waals surface area contributed by atoms with Gasteiger partial charge in [-0.2, -0.15) is 5.10 Å². The van der Waals surface area contributed by atoms with Gasteiger partial charge in [0.2, 0.25) is 0 Å². The lowest BCUT2D eigenvalue weighted by molar-refractivity contribution is 0.0884. The quantitative estimate of drug-likeness (QED) is 0.743. The molecule has 1 aromatic rings. The third kappa shape index (κ3) is 3.81. The van der Waals surface area contributed by atoms with Gasteiger partial charge in [-0.3, -0.25) is 0 Å². The highest BCUT2D eigenvalue weighted by Gasteiger charge is 2.16. The molecule has 84 valence electrons. The molecule has 1 heterocycles. The van der Waals surface area contributed by atoms with E-state index in [1.807, 2.05) is 11.9 Å². The first-order valence-corrected chi connectivity index (χ1v) is 4.79. The van der Waals surface area contributed by atoms with Crippen molar-refractivity contribution in [2.24, 2.45) is 0 Å². The summed E-state index contributed by atoms with van der Waals surface area (Å²) in [4.78, 5) is 1.81. The molecule has 1 aromatic heterocycles. The third-order valence-corrected chi connectivity index (χ3v) is 1.88. The lowest BCUT2D eigenvalue weighted by Crippen LogP contribution is -2.36. The van der Waals surface area contributed by atoms with Crippen molar-refractivity contribution in [3.8, 4) is 0 Å². The van der Waals surface area contributed by atoms with Crippen LogP contribution in [0.1, 0.15) is 19.5 Å². The van der Waals surface area contributed by atoms with Crippen molar-refractivity contribution in [1.29, 1.82) is 0 Å². The van der Waals surface area contributed by atoms with E-state index in [-0.39, 0.29) is 6.61 Å². The van der Waals surface area contributed by atoms with E-state index in [1.54, 1.807) is 26.0 Å². The van der Waals surface area contributed by atoms with Crippen LogP contribution in [0.15, 0.2) is 12.1 Å². The van der Waals surface area contributed by atoms with Gasteiger partial charge >= 0.3 is 0 Å². The Morgan fingerprint density at radius 3 is 2.40 bits per heavy atom. The summed E-state index contributed by atoms with van der Waals surface area (Å²) in [6.07, 6.45) is 0. The van der Waals surface area contributed by atoms with E-state index in [0.717, 1.165) is 0 Å². The number of hydrogen-bond acceptors (Lipinski definition) is 5. The molecule has 0 spiro atoms. The van der Waals surface area contributed by atoms with Gasteiger partial charge in [-0.05, 0) is 26.0 Å². The molecule has 5 heteroatoms. The Labute approximate surface area is 89.4 Å². The van der Waals surface area contributed by atoms with Gasteiger partial charge in [0.1, 0.15) is 0 Å². The van der Waals surface area contributed by atoms with Crippen LogP contribution in [0.4, 0.5) is 5.82 Å². The van der Waals surface area contributed by atoms with Crippen LogP contribution in [0, 0.1) is 0 Å². The standard InChI is InChI=1S/C10H17N3O2/c1-10(2,15)7-13(3)9-5-4-8(6-14)11-12-9/h4-5,14-15H,6-7H2,1-3H3. The second-order valence-electron chi connectivity index (χ2n) is 4.21. The van der Waals surface area contributed by atoms with Crippen molar-refractivity contribution in [2.45, 2.75) is 26.1 Å². The zero-order valence-electron chi connectivity index (χ0n) is 9.30. The van der Waals surface area contributed by atoms with Crippen LogP contribution >= 0.6 is 0 Å². The Balaban J connectivity index is 2.70. The second kappa shape index (κ2) is 4.55. The summed E-state index contributed by atoms with van der Waals surface area (Å²) in [6.45, 7) is 3.83. The number of likely N-dealkylation sites (N-methyl/N-ethyl adjacent to an activating group) is 1. The topological polar surface area (TPSA) is 69.5 Å². The van der Waals surface area contributed by atoms with Crippen LogP contribution in [0.5, 0.6) is 0 Å². The lowest BCUT2D eigenvalue weighted by Gasteiger charge is -2.25. The Kier molecular flexibility index (Phi) is 3.60. The Morgan fingerprint density at radius 1 is 1.33 bits per heavy atom. The average molecular weight is 211 g/mol. The van der Waals surface area contributed by atoms with Gasteiger partial charge < -0.3 is 15.1 Å². The summed E-state index contributed by atoms with van der Waals surface area (Å²) < 4.78 is 0. The molecule has 5 nitrogen and oxygen atoms in total. The van der Waals surface area contributed by atoms with E-state index < -0.39 is 5.60 Å². The second-order valence-corrected chi connectivity index (χ2v) is 4.21. The van der Waals surface area contributed by atoms with Crippen LogP contribution in [0.25, 0.3) is 0 Å².